The summed E-state index contributed by atoms with van der Waals surface area (Å²) in [6.07, 6.45) is -0.0959. The summed E-state index contributed by atoms with van der Waals surface area (Å²) in [6.45, 7) is 0.972. The number of alkyl halides is 1. The summed E-state index contributed by atoms with van der Waals surface area (Å²) in [5.41, 5.74) is 1.01. The van der Waals surface area contributed by atoms with Crippen molar-refractivity contribution in [2.24, 2.45) is 0 Å². The zero-order valence-electron chi connectivity index (χ0n) is 11.9. The fourth-order valence-electron chi connectivity index (χ4n) is 2.36. The van der Waals surface area contributed by atoms with Gasteiger partial charge in [0, 0.05) is 10.0 Å². The van der Waals surface area contributed by atoms with Gasteiger partial charge in [-0.15, -0.1) is 0 Å². The van der Waals surface area contributed by atoms with Crippen LogP contribution in [0.3, 0.4) is 0 Å². The summed E-state index contributed by atoms with van der Waals surface area (Å²) >= 11 is 6.91. The first-order valence-corrected chi connectivity index (χ1v) is 8.95. The van der Waals surface area contributed by atoms with Crippen molar-refractivity contribution in [3.05, 3.63) is 64.6 Å². The van der Waals surface area contributed by atoms with E-state index >= 15 is 0 Å². The van der Waals surface area contributed by atoms with E-state index < -0.39 is 5.79 Å². The minimum absolute atomic E-state index is 0.0959. The van der Waals surface area contributed by atoms with Gasteiger partial charge in [-0.3, -0.25) is 0 Å². The van der Waals surface area contributed by atoms with Crippen molar-refractivity contribution in [3.8, 4) is 5.75 Å². The minimum atomic E-state index is -0.727. The summed E-state index contributed by atoms with van der Waals surface area (Å²) in [5.74, 6) is 0.0949. The van der Waals surface area contributed by atoms with Crippen molar-refractivity contribution in [2.75, 3.05) is 18.5 Å². The molecule has 0 aromatic heterocycles. The zero-order chi connectivity index (χ0) is 15.4. The Hall–Kier alpha value is -0.880. The van der Waals surface area contributed by atoms with Gasteiger partial charge >= 0.3 is 0 Å². The fraction of sp³-hybridized carbons (Fsp3) is 0.294. The fourth-order valence-corrected chi connectivity index (χ4v) is 3.24. The Labute approximate surface area is 146 Å². The van der Waals surface area contributed by atoms with Crippen LogP contribution < -0.4 is 4.74 Å². The van der Waals surface area contributed by atoms with E-state index in [9.17, 15) is 0 Å². The first kappa shape index (κ1) is 16.0. The van der Waals surface area contributed by atoms with Crippen LogP contribution in [0, 0.1) is 0 Å². The molecule has 1 saturated heterocycles. The van der Waals surface area contributed by atoms with Crippen molar-refractivity contribution in [3.63, 3.8) is 0 Å². The van der Waals surface area contributed by atoms with Crippen molar-refractivity contribution in [2.45, 2.75) is 11.9 Å². The van der Waals surface area contributed by atoms with Gasteiger partial charge in [-0.2, -0.15) is 0 Å². The normalized spacial score (nSPS) is 24.4. The Balaban J connectivity index is 1.62. The second kappa shape index (κ2) is 7.13. The predicted octanol–water partition coefficient (Wildman–Crippen LogP) is 4.49. The molecule has 116 valence electrons. The molecule has 1 aliphatic rings. The van der Waals surface area contributed by atoms with Crippen molar-refractivity contribution in [1.82, 2.24) is 0 Å². The maximum Gasteiger partial charge on any atom is 0.205 e. The first-order chi connectivity index (χ1) is 10.7. The molecular weight excluding hydrogens is 412 g/mol. The van der Waals surface area contributed by atoms with E-state index in [1.54, 1.807) is 0 Å². The predicted molar refractivity (Wildman–Crippen MR) is 92.4 cm³/mol. The molecule has 2 unspecified atom stereocenters. The number of halogens is 2. The van der Waals surface area contributed by atoms with Crippen LogP contribution in [0.15, 0.2) is 59.1 Å². The van der Waals surface area contributed by atoms with Crippen LogP contribution in [0.1, 0.15) is 5.56 Å². The van der Waals surface area contributed by atoms with Gasteiger partial charge in [-0.05, 0) is 24.3 Å². The highest BCUT2D eigenvalue weighted by atomic mass is 79.9. The van der Waals surface area contributed by atoms with Gasteiger partial charge in [0.15, 0.2) is 0 Å². The third-order valence-corrected chi connectivity index (χ3v) is 4.77. The number of ether oxygens (including phenoxy) is 3. The Kier molecular flexibility index (Phi) is 5.18. The second-order valence-corrected chi connectivity index (χ2v) is 6.54. The molecule has 2 atom stereocenters. The molecule has 5 heteroatoms. The van der Waals surface area contributed by atoms with Gasteiger partial charge in [0.25, 0.3) is 0 Å². The molecule has 0 aliphatic carbocycles. The largest absolute Gasteiger partial charge is 0.491 e. The summed E-state index contributed by atoms with van der Waals surface area (Å²) in [4.78, 5) is 0. The van der Waals surface area contributed by atoms with Crippen LogP contribution >= 0.6 is 31.9 Å². The molecule has 22 heavy (non-hydrogen) atoms. The molecule has 3 nitrogen and oxygen atoms in total. The van der Waals surface area contributed by atoms with Gasteiger partial charge in [-0.1, -0.05) is 62.2 Å². The lowest BCUT2D eigenvalue weighted by molar-refractivity contribution is -0.159. The van der Waals surface area contributed by atoms with E-state index in [0.29, 0.717) is 18.5 Å². The highest BCUT2D eigenvalue weighted by Crippen LogP contribution is 2.36. The molecule has 0 radical (unpaired) electrons. The third kappa shape index (κ3) is 3.54. The van der Waals surface area contributed by atoms with Gasteiger partial charge in [-0.25, -0.2) is 0 Å². The number of rotatable bonds is 5. The van der Waals surface area contributed by atoms with E-state index in [0.717, 1.165) is 15.8 Å². The SMILES string of the molecule is BrCC1(c2ccccc2)OCC(COc2ccc(Br)cc2)O1. The lowest BCUT2D eigenvalue weighted by Crippen LogP contribution is -2.31. The standard InChI is InChI=1S/C17H16Br2O3/c18-12-17(13-4-2-1-3-5-13)21-11-16(22-17)10-20-15-8-6-14(19)7-9-15/h1-9,16H,10-12H2. The molecule has 0 bridgehead atoms. The van der Waals surface area contributed by atoms with Crippen LogP contribution in [0.25, 0.3) is 0 Å². The molecule has 0 spiro atoms. The molecule has 0 saturated carbocycles. The first-order valence-electron chi connectivity index (χ1n) is 7.03. The molecule has 1 fully saturated rings. The van der Waals surface area contributed by atoms with Crippen LogP contribution in [0.4, 0.5) is 0 Å². The van der Waals surface area contributed by atoms with E-state index in [1.807, 2.05) is 54.6 Å². The second-order valence-electron chi connectivity index (χ2n) is 5.07. The molecule has 2 aromatic carbocycles. The van der Waals surface area contributed by atoms with Crippen LogP contribution in [0.2, 0.25) is 0 Å². The van der Waals surface area contributed by atoms with Crippen molar-refractivity contribution < 1.29 is 14.2 Å². The molecule has 0 N–H and O–H groups in total. The summed E-state index contributed by atoms with van der Waals surface area (Å²) in [6, 6.07) is 17.7. The number of hydrogen-bond donors (Lipinski definition) is 0. The summed E-state index contributed by atoms with van der Waals surface area (Å²) in [5, 5.41) is 0.582. The average molecular weight is 428 g/mol. The van der Waals surface area contributed by atoms with E-state index in [2.05, 4.69) is 31.9 Å². The van der Waals surface area contributed by atoms with Crippen LogP contribution in [0.5, 0.6) is 5.75 Å². The molecule has 2 aromatic rings. The van der Waals surface area contributed by atoms with E-state index in [1.165, 1.54) is 0 Å². The molecular formula is C17H16Br2O3. The highest BCUT2D eigenvalue weighted by Gasteiger charge is 2.42. The number of benzene rings is 2. The van der Waals surface area contributed by atoms with E-state index in [-0.39, 0.29) is 6.10 Å². The van der Waals surface area contributed by atoms with Crippen molar-refractivity contribution >= 4 is 31.9 Å². The Morgan fingerprint density at radius 3 is 2.50 bits per heavy atom. The Morgan fingerprint density at radius 1 is 1.09 bits per heavy atom. The van der Waals surface area contributed by atoms with Crippen LogP contribution in [-0.4, -0.2) is 24.6 Å². The number of hydrogen-bond acceptors (Lipinski definition) is 3. The topological polar surface area (TPSA) is 27.7 Å². The van der Waals surface area contributed by atoms with Gasteiger partial charge in [0.1, 0.15) is 18.5 Å². The molecule has 1 heterocycles. The van der Waals surface area contributed by atoms with Gasteiger partial charge in [0.05, 0.1) is 11.9 Å². The van der Waals surface area contributed by atoms with Crippen LogP contribution in [-0.2, 0) is 15.3 Å². The quantitative estimate of drug-likeness (QED) is 0.658. The highest BCUT2D eigenvalue weighted by molar-refractivity contribution is 9.10. The Bertz CT molecular complexity index is 603. The molecule has 0 amide bonds. The molecule has 1 aliphatic heterocycles. The minimum Gasteiger partial charge on any atom is -0.491 e. The maximum atomic E-state index is 6.13. The maximum absolute atomic E-state index is 6.13. The lowest BCUT2D eigenvalue weighted by atomic mass is 10.1. The van der Waals surface area contributed by atoms with Crippen molar-refractivity contribution in [1.29, 1.82) is 0 Å². The van der Waals surface area contributed by atoms with Gasteiger partial charge in [0.2, 0.25) is 5.79 Å². The Morgan fingerprint density at radius 2 is 1.82 bits per heavy atom. The molecule has 3 rings (SSSR count). The monoisotopic (exact) mass is 426 g/mol. The lowest BCUT2D eigenvalue weighted by Gasteiger charge is -2.26. The van der Waals surface area contributed by atoms with E-state index in [4.69, 9.17) is 14.2 Å². The average Bonchev–Trinajstić information content (AvgIpc) is 3.00. The van der Waals surface area contributed by atoms with Gasteiger partial charge < -0.3 is 14.2 Å². The smallest absolute Gasteiger partial charge is 0.205 e. The summed E-state index contributed by atoms with van der Waals surface area (Å²) < 4.78 is 18.9. The third-order valence-electron chi connectivity index (χ3n) is 3.50. The summed E-state index contributed by atoms with van der Waals surface area (Å²) in [7, 11) is 0. The zero-order valence-corrected chi connectivity index (χ0v) is 15.0.